The third kappa shape index (κ3) is 40.1. The topological polar surface area (TPSA) is 25.3 Å². The number of rotatable bonds is 58. The second-order valence-corrected chi connectivity index (χ2v) is 26.8. The average Bonchev–Trinajstić information content (AvgIpc) is 4.03. The Kier molecular flexibility index (Phi) is 53.0. The predicted molar refractivity (Wildman–Crippen MR) is 361 cm³/mol. The smallest absolute Gasteiger partial charge is 0.493 e. The number of hydrogen-bond acceptors (Lipinski definition) is 0. The first-order valence-electron chi connectivity index (χ1n) is 36.6. The Bertz CT molecular complexity index is 1690. The first kappa shape index (κ1) is 75.1. The van der Waals surface area contributed by atoms with E-state index in [0.29, 0.717) is 0 Å². The summed E-state index contributed by atoms with van der Waals surface area (Å²) >= 11 is 2.05. The molecule has 0 aliphatic carbocycles. The molecule has 0 radical (unpaired) electrons. The fourth-order valence-electron chi connectivity index (χ4n) is 12.3. The van der Waals surface area contributed by atoms with Gasteiger partial charge in [-0.25, -0.2) is 4.70 Å². The summed E-state index contributed by atoms with van der Waals surface area (Å²) in [4.78, 5) is 0. The number of allylic oxidation sites excluding steroid dienone is 2. The molecule has 2 nitrogen and oxygen atoms in total. The molecular formula is C78H138N2Ni. The van der Waals surface area contributed by atoms with E-state index >= 15 is 0 Å². The molecule has 0 aromatic heterocycles. The van der Waals surface area contributed by atoms with Crippen molar-refractivity contribution in [1.29, 1.82) is 0 Å². The van der Waals surface area contributed by atoms with Crippen LogP contribution in [-0.4, -0.2) is 4.70 Å². The number of unbranched alkanes of at least 4 members (excludes halogenated alkanes) is 45. The van der Waals surface area contributed by atoms with Crippen LogP contribution in [0.15, 0.2) is 59.7 Å². The summed E-state index contributed by atoms with van der Waals surface area (Å²) in [6, 6.07) is 17.8. The Hall–Kier alpha value is -1.99. The third-order valence-electron chi connectivity index (χ3n) is 17.7. The van der Waals surface area contributed by atoms with E-state index in [1.807, 2.05) is 0 Å². The van der Waals surface area contributed by atoms with Gasteiger partial charge in [-0.1, -0.05) is 226 Å². The molecule has 0 bridgehead atoms. The van der Waals surface area contributed by atoms with E-state index in [9.17, 15) is 5.53 Å². The van der Waals surface area contributed by atoms with E-state index in [1.165, 1.54) is 346 Å². The molecule has 81 heavy (non-hydrogen) atoms. The van der Waals surface area contributed by atoms with Gasteiger partial charge in [0.2, 0.25) is 11.4 Å². The number of aryl methyl sites for hydroxylation is 2. The van der Waals surface area contributed by atoms with Gasteiger partial charge in [-0.05, 0) is 80.3 Å². The van der Waals surface area contributed by atoms with Crippen LogP contribution in [-0.2, 0) is 27.3 Å². The monoisotopic (exact) mass is 1160 g/mol. The fraction of sp³-hybridized carbons (Fsp3) is 0.795. The molecule has 1 aliphatic rings. The molecule has 0 spiro atoms. The zero-order chi connectivity index (χ0) is 58.2. The van der Waals surface area contributed by atoms with Crippen LogP contribution >= 0.6 is 0 Å². The Balaban J connectivity index is 0.000000579. The van der Waals surface area contributed by atoms with Gasteiger partial charge >= 0.3 is 166 Å². The van der Waals surface area contributed by atoms with E-state index in [1.54, 1.807) is 0 Å². The third-order valence-corrected chi connectivity index (χ3v) is 19.1. The molecule has 0 saturated carbocycles. The van der Waals surface area contributed by atoms with Crippen LogP contribution in [0.3, 0.4) is 0 Å². The van der Waals surface area contributed by atoms with Crippen molar-refractivity contribution in [3.63, 3.8) is 0 Å². The van der Waals surface area contributed by atoms with Crippen LogP contribution in [0.2, 0.25) is 10.8 Å². The summed E-state index contributed by atoms with van der Waals surface area (Å²) in [5.41, 5.74) is 21.1. The summed E-state index contributed by atoms with van der Waals surface area (Å²) < 4.78 is 1.49. The normalized spacial score (nSPS) is 12.6. The Labute approximate surface area is 514 Å². The van der Waals surface area contributed by atoms with Gasteiger partial charge in [0.15, 0.2) is 0 Å². The van der Waals surface area contributed by atoms with Crippen LogP contribution in [0.1, 0.15) is 398 Å². The molecule has 0 saturated heterocycles. The maximum absolute atomic E-state index is 11.5. The first-order chi connectivity index (χ1) is 40.1. The van der Waals surface area contributed by atoms with Crippen LogP contribution in [0.4, 0.5) is 0 Å². The van der Waals surface area contributed by atoms with Gasteiger partial charge in [-0.3, -0.25) is 0 Å². The van der Waals surface area contributed by atoms with Crippen LogP contribution in [0.25, 0.3) is 16.9 Å². The number of benzene rings is 2. The van der Waals surface area contributed by atoms with Gasteiger partial charge in [-0.2, -0.15) is 0 Å². The van der Waals surface area contributed by atoms with E-state index in [0.717, 1.165) is 61.0 Å². The van der Waals surface area contributed by atoms with Gasteiger partial charge in [-0.15, -0.1) is 0 Å². The minimum atomic E-state index is 0.919. The van der Waals surface area contributed by atoms with Gasteiger partial charge in [0.25, 0.3) is 0 Å². The zero-order valence-corrected chi connectivity index (χ0v) is 56.4. The number of nitrogens with zero attached hydrogens (tertiary/aromatic N) is 2. The maximum atomic E-state index is 11.5. The minimum Gasteiger partial charge on any atom is -0.493 e. The molecule has 3 rings (SSSR count). The summed E-state index contributed by atoms with van der Waals surface area (Å²) in [6.45, 7) is 13.6. The van der Waals surface area contributed by atoms with Crippen molar-refractivity contribution < 1.29 is 19.1 Å². The van der Waals surface area contributed by atoms with Crippen molar-refractivity contribution in [1.82, 2.24) is 0 Å². The molecule has 0 fully saturated rings. The zero-order valence-electron chi connectivity index (χ0n) is 55.4. The molecule has 2 aromatic carbocycles. The minimum absolute atomic E-state index is 0.919. The van der Waals surface area contributed by atoms with Gasteiger partial charge in [0.05, 0.1) is 0 Å². The second-order valence-electron chi connectivity index (χ2n) is 25.3. The predicted octanol–water partition coefficient (Wildman–Crippen LogP) is 28.3. The SMILES string of the molecule is CCCCCCCCCCCCCCCCCCCCCC[CH2][Ni][CH2]CCCCCCCCCCCCCCCCCCCCCC.CCCCCc1ccc(C2=C(CC)C(CCCC)=C(c3ccc(CCCCC)cc3)[N+]2=[N-])cc1. The molecule has 0 atom stereocenters. The summed E-state index contributed by atoms with van der Waals surface area (Å²) in [6.07, 6.45) is 76.2. The molecule has 1 aliphatic heterocycles. The van der Waals surface area contributed by atoms with Crippen molar-refractivity contribution in [2.24, 2.45) is 0 Å². The quantitative estimate of drug-likeness (QED) is 0.0358. The molecule has 0 amide bonds. The molecule has 1 heterocycles. The van der Waals surface area contributed by atoms with Crippen LogP contribution in [0, 0.1) is 0 Å². The molecule has 470 valence electrons. The standard InChI is InChI=1S/C32H44N2.2C23H47.Ni/c1-5-9-12-14-25-17-21-27(22-18-25)31-29(8-4)30(16-11-7-3)32(34(31)33)28-23-19-26(20-24-28)15-13-10-6-2;2*1-3-5-7-9-11-13-15-17-19-21-23-22-20-18-16-14-12-10-8-6-4-2;/h17-24H,5-16H2,1-4H3;2*1,3-23H2,2H3;. The summed E-state index contributed by atoms with van der Waals surface area (Å²) in [7, 11) is 0. The summed E-state index contributed by atoms with van der Waals surface area (Å²) in [5.74, 6) is 0. The van der Waals surface area contributed by atoms with Crippen molar-refractivity contribution in [2.45, 2.75) is 399 Å². The van der Waals surface area contributed by atoms with E-state index in [-0.39, 0.29) is 0 Å². The average molecular weight is 1160 g/mol. The van der Waals surface area contributed by atoms with Crippen LogP contribution in [0.5, 0.6) is 0 Å². The van der Waals surface area contributed by atoms with Crippen molar-refractivity contribution in [3.05, 3.63) is 87.5 Å². The Morgan fingerprint density at radius 3 is 0.753 bits per heavy atom. The van der Waals surface area contributed by atoms with E-state index < -0.39 is 0 Å². The Morgan fingerprint density at radius 1 is 0.259 bits per heavy atom. The van der Waals surface area contributed by atoms with Crippen LogP contribution < -0.4 is 0 Å². The second kappa shape index (κ2) is 57.1. The van der Waals surface area contributed by atoms with Gasteiger partial charge in [0.1, 0.15) is 0 Å². The van der Waals surface area contributed by atoms with Crippen molar-refractivity contribution in [3.8, 4) is 0 Å². The van der Waals surface area contributed by atoms with Crippen molar-refractivity contribution >= 4 is 11.4 Å². The van der Waals surface area contributed by atoms with Crippen molar-refractivity contribution in [2.75, 3.05) is 0 Å². The van der Waals surface area contributed by atoms with Gasteiger partial charge in [0, 0.05) is 22.3 Å². The van der Waals surface area contributed by atoms with E-state index in [2.05, 4.69) is 105 Å². The first-order valence-corrected chi connectivity index (χ1v) is 38.0. The molecule has 2 aromatic rings. The molecular weight excluding hydrogens is 1020 g/mol. The summed E-state index contributed by atoms with van der Waals surface area (Å²) in [5, 5.41) is 2.87. The molecule has 3 heteroatoms. The fourth-order valence-corrected chi connectivity index (χ4v) is 13.6. The van der Waals surface area contributed by atoms with E-state index in [4.69, 9.17) is 0 Å². The Morgan fingerprint density at radius 2 is 0.494 bits per heavy atom. The molecule has 0 N–H and O–H groups in total. The number of hydrogen-bond donors (Lipinski definition) is 0. The molecule has 0 unspecified atom stereocenters. The van der Waals surface area contributed by atoms with Gasteiger partial charge < -0.3 is 5.53 Å².